The Hall–Kier alpha value is -1.49. The Kier molecular flexibility index (Phi) is 4.17. The Bertz CT molecular complexity index is 580. The van der Waals surface area contributed by atoms with Gasteiger partial charge in [-0.15, -0.1) is 0 Å². The predicted molar refractivity (Wildman–Crippen MR) is 83.9 cm³/mol. The van der Waals surface area contributed by atoms with E-state index >= 15 is 0 Å². The summed E-state index contributed by atoms with van der Waals surface area (Å²) in [5.74, 6) is 0.00451. The summed E-state index contributed by atoms with van der Waals surface area (Å²) in [5.41, 5.74) is 3.10. The maximum atomic E-state index is 12.9. The lowest BCUT2D eigenvalue weighted by Crippen LogP contribution is -2.41. The highest BCUT2D eigenvalue weighted by molar-refractivity contribution is 5.93. The van der Waals surface area contributed by atoms with Crippen LogP contribution in [-0.2, 0) is 4.74 Å². The summed E-state index contributed by atoms with van der Waals surface area (Å²) in [6, 6.07) is 0. The average Bonchev–Trinajstić information content (AvgIpc) is 2.83. The molecular formula is C17H25N3O2. The molecule has 120 valence electrons. The maximum absolute atomic E-state index is 12.9. The van der Waals surface area contributed by atoms with Gasteiger partial charge in [-0.3, -0.25) is 9.78 Å². The first kappa shape index (κ1) is 15.4. The van der Waals surface area contributed by atoms with Gasteiger partial charge < -0.3 is 9.64 Å². The number of carbonyl (C=O) groups excluding carboxylic acids is 1. The smallest absolute Gasteiger partial charge is 0.274 e. The van der Waals surface area contributed by atoms with Crippen molar-refractivity contribution in [2.24, 2.45) is 5.41 Å². The highest BCUT2D eigenvalue weighted by Gasteiger charge is 2.39. The van der Waals surface area contributed by atoms with Crippen LogP contribution in [0.2, 0.25) is 0 Å². The minimum atomic E-state index is 0.00451. The lowest BCUT2D eigenvalue weighted by molar-refractivity contribution is 0.0640. The molecule has 0 atom stereocenters. The summed E-state index contributed by atoms with van der Waals surface area (Å²) in [5, 5.41) is 0. The molecule has 0 aromatic carbocycles. The van der Waals surface area contributed by atoms with Gasteiger partial charge in [0.25, 0.3) is 5.91 Å². The van der Waals surface area contributed by atoms with Gasteiger partial charge in [-0.05, 0) is 33.6 Å². The predicted octanol–water partition coefficient (Wildman–Crippen LogP) is 2.43. The topological polar surface area (TPSA) is 55.3 Å². The molecular weight excluding hydrogens is 278 g/mol. The molecule has 0 bridgehead atoms. The van der Waals surface area contributed by atoms with Crippen LogP contribution in [0.1, 0.15) is 53.3 Å². The van der Waals surface area contributed by atoms with Crippen molar-refractivity contribution in [3.05, 3.63) is 22.8 Å². The van der Waals surface area contributed by atoms with Crippen LogP contribution in [0.25, 0.3) is 0 Å². The van der Waals surface area contributed by atoms with E-state index in [9.17, 15) is 4.79 Å². The van der Waals surface area contributed by atoms with E-state index in [4.69, 9.17) is 4.74 Å². The van der Waals surface area contributed by atoms with Crippen molar-refractivity contribution in [1.29, 1.82) is 0 Å². The van der Waals surface area contributed by atoms with Crippen LogP contribution < -0.4 is 0 Å². The highest BCUT2D eigenvalue weighted by atomic mass is 16.5. The fourth-order valence-corrected chi connectivity index (χ4v) is 3.66. The zero-order valence-corrected chi connectivity index (χ0v) is 13.8. The lowest BCUT2D eigenvalue weighted by atomic mass is 9.86. The van der Waals surface area contributed by atoms with E-state index in [1.807, 2.05) is 25.7 Å². The quantitative estimate of drug-likeness (QED) is 0.799. The van der Waals surface area contributed by atoms with Gasteiger partial charge in [0.2, 0.25) is 0 Å². The van der Waals surface area contributed by atoms with E-state index in [0.29, 0.717) is 18.8 Å². The van der Waals surface area contributed by atoms with Crippen LogP contribution in [0, 0.1) is 26.2 Å². The van der Waals surface area contributed by atoms with Gasteiger partial charge in [-0.25, -0.2) is 4.98 Å². The molecule has 1 saturated carbocycles. The van der Waals surface area contributed by atoms with Gasteiger partial charge in [0, 0.05) is 18.5 Å². The maximum Gasteiger partial charge on any atom is 0.274 e. The Morgan fingerprint density at radius 2 is 1.77 bits per heavy atom. The molecule has 0 unspecified atom stereocenters. The molecule has 1 aliphatic heterocycles. The van der Waals surface area contributed by atoms with E-state index in [2.05, 4.69) is 9.97 Å². The third-order valence-corrected chi connectivity index (χ3v) is 5.08. The van der Waals surface area contributed by atoms with Gasteiger partial charge in [0.1, 0.15) is 5.69 Å². The molecule has 5 nitrogen and oxygen atoms in total. The molecule has 0 N–H and O–H groups in total. The molecule has 5 heteroatoms. The molecule has 2 heterocycles. The minimum absolute atomic E-state index is 0.00451. The summed E-state index contributed by atoms with van der Waals surface area (Å²) >= 11 is 0. The molecule has 0 radical (unpaired) electrons. The van der Waals surface area contributed by atoms with E-state index < -0.39 is 0 Å². The summed E-state index contributed by atoms with van der Waals surface area (Å²) < 4.78 is 5.79. The average molecular weight is 303 g/mol. The molecule has 1 amide bonds. The third-order valence-electron chi connectivity index (χ3n) is 5.08. The minimum Gasteiger partial charge on any atom is -0.379 e. The molecule has 1 aromatic heterocycles. The number of aryl methyl sites for hydroxylation is 3. The summed E-state index contributed by atoms with van der Waals surface area (Å²) in [6.45, 7) is 8.54. The SMILES string of the molecule is Cc1nc(C)c(C(=O)N2CCOCC3(CCCC3)C2)nc1C. The number of hydrogen-bond acceptors (Lipinski definition) is 4. The number of rotatable bonds is 1. The highest BCUT2D eigenvalue weighted by Crippen LogP contribution is 2.40. The second-order valence-electron chi connectivity index (χ2n) is 6.81. The first-order chi connectivity index (χ1) is 10.5. The number of carbonyl (C=O) groups is 1. The number of aromatic nitrogens is 2. The largest absolute Gasteiger partial charge is 0.379 e. The van der Waals surface area contributed by atoms with Crippen LogP contribution in [0.4, 0.5) is 0 Å². The fraction of sp³-hybridized carbons (Fsp3) is 0.706. The summed E-state index contributed by atoms with van der Waals surface area (Å²) in [6.07, 6.45) is 4.81. The van der Waals surface area contributed by atoms with Crippen molar-refractivity contribution in [2.75, 3.05) is 26.3 Å². The van der Waals surface area contributed by atoms with Crippen LogP contribution in [0.15, 0.2) is 0 Å². The van der Waals surface area contributed by atoms with Crippen molar-refractivity contribution >= 4 is 5.91 Å². The van der Waals surface area contributed by atoms with Gasteiger partial charge in [0.05, 0.1) is 30.3 Å². The molecule has 1 aromatic rings. The number of amides is 1. The number of nitrogens with zero attached hydrogens (tertiary/aromatic N) is 3. The van der Waals surface area contributed by atoms with E-state index in [0.717, 1.165) is 43.1 Å². The molecule has 1 aliphatic carbocycles. The van der Waals surface area contributed by atoms with Crippen LogP contribution >= 0.6 is 0 Å². The van der Waals surface area contributed by atoms with Gasteiger partial charge in [0.15, 0.2) is 0 Å². The van der Waals surface area contributed by atoms with E-state index in [1.54, 1.807) is 0 Å². The molecule has 1 saturated heterocycles. The molecule has 2 fully saturated rings. The van der Waals surface area contributed by atoms with Crippen molar-refractivity contribution in [3.63, 3.8) is 0 Å². The lowest BCUT2D eigenvalue weighted by Gasteiger charge is -2.31. The Balaban J connectivity index is 1.86. The van der Waals surface area contributed by atoms with Crippen LogP contribution in [-0.4, -0.2) is 47.1 Å². The Labute approximate surface area is 132 Å². The van der Waals surface area contributed by atoms with Gasteiger partial charge >= 0.3 is 0 Å². The van der Waals surface area contributed by atoms with Crippen molar-refractivity contribution < 1.29 is 9.53 Å². The number of ether oxygens (including phenoxy) is 1. The van der Waals surface area contributed by atoms with Crippen molar-refractivity contribution in [2.45, 2.75) is 46.5 Å². The van der Waals surface area contributed by atoms with Crippen LogP contribution in [0.5, 0.6) is 0 Å². The standard InChI is InChI=1S/C17H25N3O2/c1-12-13(2)19-15(14(3)18-12)16(21)20-8-9-22-11-17(10-20)6-4-5-7-17/h4-11H2,1-3H3. The van der Waals surface area contributed by atoms with E-state index in [1.165, 1.54) is 12.8 Å². The summed E-state index contributed by atoms with van der Waals surface area (Å²) in [7, 11) is 0. The van der Waals surface area contributed by atoms with Gasteiger partial charge in [-0.2, -0.15) is 0 Å². The second kappa shape index (κ2) is 5.95. The fourth-order valence-electron chi connectivity index (χ4n) is 3.66. The molecule has 3 rings (SSSR count). The third kappa shape index (κ3) is 2.86. The first-order valence-corrected chi connectivity index (χ1v) is 8.20. The van der Waals surface area contributed by atoms with Gasteiger partial charge in [-0.1, -0.05) is 12.8 Å². The summed E-state index contributed by atoms with van der Waals surface area (Å²) in [4.78, 5) is 23.8. The van der Waals surface area contributed by atoms with Crippen molar-refractivity contribution in [1.82, 2.24) is 14.9 Å². The molecule has 2 aliphatic rings. The Morgan fingerprint density at radius 3 is 2.50 bits per heavy atom. The monoisotopic (exact) mass is 303 g/mol. The normalized spacial score (nSPS) is 21.1. The zero-order chi connectivity index (χ0) is 15.7. The number of hydrogen-bond donors (Lipinski definition) is 0. The zero-order valence-electron chi connectivity index (χ0n) is 13.8. The van der Waals surface area contributed by atoms with E-state index in [-0.39, 0.29) is 11.3 Å². The van der Waals surface area contributed by atoms with Crippen LogP contribution in [0.3, 0.4) is 0 Å². The first-order valence-electron chi connectivity index (χ1n) is 8.20. The van der Waals surface area contributed by atoms with Crippen molar-refractivity contribution in [3.8, 4) is 0 Å². The second-order valence-corrected chi connectivity index (χ2v) is 6.81. The Morgan fingerprint density at radius 1 is 1.09 bits per heavy atom. The molecule has 1 spiro atoms. The molecule has 22 heavy (non-hydrogen) atoms.